The van der Waals surface area contributed by atoms with Gasteiger partial charge in [0.05, 0.1) is 25.3 Å². The fourth-order valence-electron chi connectivity index (χ4n) is 7.90. The number of carboxylic acids is 5. The maximum atomic E-state index is 11.6. The van der Waals surface area contributed by atoms with E-state index >= 15 is 0 Å². The number of hydrogen-bond donors (Lipinski definition) is 9. The van der Waals surface area contributed by atoms with Gasteiger partial charge >= 0.3 is 94.9 Å². The molecule has 2 aliphatic heterocycles. The molecule has 0 bridgehead atoms. The number of ether oxygens (including phenoxy) is 6. The second-order valence-electron chi connectivity index (χ2n) is 18.8. The molecule has 2 heterocycles. The zero-order valence-corrected chi connectivity index (χ0v) is 62.0. The number of aliphatic hydroxyl groups is 2. The Morgan fingerprint density at radius 2 is 0.916 bits per heavy atom. The monoisotopic (exact) mass is 1410 g/mol. The Kier molecular flexibility index (Phi) is 49.8. The van der Waals surface area contributed by atoms with Crippen LogP contribution in [0.4, 0.5) is 0 Å². The third-order valence-corrected chi connectivity index (χ3v) is 12.1. The van der Waals surface area contributed by atoms with Crippen LogP contribution in [0.5, 0.6) is 40.2 Å². The molecule has 10 N–H and O–H groups in total. The number of aryl methyl sites for hydroxylation is 9. The number of carbonyl (C=O) groups is 9. The number of methoxy groups -OCH3 is 2. The van der Waals surface area contributed by atoms with E-state index in [0.29, 0.717) is 28.0 Å². The molecule has 26 nitrogen and oxygen atoms in total. The molecule has 0 radical (unpaired) electrons. The maximum Gasteiger partial charge on any atom is 1.00 e. The Hall–Kier alpha value is -8.09. The van der Waals surface area contributed by atoms with Crippen LogP contribution in [-0.4, -0.2) is 160 Å². The summed E-state index contributed by atoms with van der Waals surface area (Å²) in [5.41, 5.74) is 9.75. The van der Waals surface area contributed by atoms with Crippen LogP contribution in [-0.2, 0) is 29.2 Å². The van der Waals surface area contributed by atoms with Crippen molar-refractivity contribution in [3.05, 3.63) is 168 Å². The Morgan fingerprint density at radius 3 is 1.35 bits per heavy atom. The van der Waals surface area contributed by atoms with Crippen molar-refractivity contribution in [1.29, 1.82) is 0 Å². The normalized spacial score (nSPS) is 10.1. The molecule has 0 aliphatic carbocycles. The SMILES string of the molecule is CC.CC(=O)[O-].CO.CO.COC(=O)COc1c(C)cc(C)cc1C(=O)OC.Cc1cc(C)c(OCC(=O)O)c(C(=O)O)c1.Cc1cc(C)c2c(c1)C(=O)CO2.Cc1cc(CBr)c2c(c1)C(=O)CO2.Cc1cc(O)cc(C(=O)O)c1O.Cc1cccc(C(=O)O)c1O.[Na+].[Na+].[OH-]. The van der Waals surface area contributed by atoms with Gasteiger partial charge in [-0.2, -0.15) is 0 Å². The predicted octanol–water partition coefficient (Wildman–Crippen LogP) is 2.78. The zero-order valence-electron chi connectivity index (χ0n) is 56.4. The summed E-state index contributed by atoms with van der Waals surface area (Å²) in [5, 5.41) is 85.5. The van der Waals surface area contributed by atoms with E-state index in [4.69, 9.17) is 64.6 Å². The van der Waals surface area contributed by atoms with E-state index in [2.05, 4.69) is 25.4 Å². The number of benzene rings is 6. The largest absolute Gasteiger partial charge is 1.00 e. The first-order valence-electron chi connectivity index (χ1n) is 27.2. The number of fused-ring (bicyclic) bond motifs is 2. The van der Waals surface area contributed by atoms with Gasteiger partial charge in [-0.15, -0.1) is 0 Å². The van der Waals surface area contributed by atoms with Crippen molar-refractivity contribution >= 4 is 69.3 Å². The number of aliphatic carboxylic acids is 2. The Bertz CT molecular complexity index is 3520. The van der Waals surface area contributed by atoms with E-state index in [-0.39, 0.29) is 136 Å². The van der Waals surface area contributed by atoms with Crippen LogP contribution in [0.15, 0.2) is 78.9 Å². The van der Waals surface area contributed by atoms with Gasteiger partial charge in [0.15, 0.2) is 26.4 Å². The van der Waals surface area contributed by atoms with E-state index in [0.717, 1.165) is 94.1 Å². The van der Waals surface area contributed by atoms with Gasteiger partial charge in [-0.3, -0.25) is 9.59 Å². The number of para-hydroxylation sites is 1. The number of ketones is 2. The number of rotatable bonds is 11. The summed E-state index contributed by atoms with van der Waals surface area (Å²) in [6.07, 6.45) is 0. The molecule has 2 aliphatic rings. The fraction of sp³-hybridized carbons (Fsp3) is 0.318. The Balaban J connectivity index is -0.000000331. The predicted molar refractivity (Wildman–Crippen MR) is 342 cm³/mol. The molecule has 8 rings (SSSR count). The smallest absolute Gasteiger partial charge is 0.870 e. The second-order valence-corrected chi connectivity index (χ2v) is 19.4. The molecule has 0 aromatic heterocycles. The van der Waals surface area contributed by atoms with Crippen molar-refractivity contribution in [2.75, 3.05) is 54.9 Å². The quantitative estimate of drug-likeness (QED) is 0.0390. The summed E-state index contributed by atoms with van der Waals surface area (Å²) in [7, 11) is 4.57. The van der Waals surface area contributed by atoms with Crippen LogP contribution in [0, 0.1) is 62.3 Å². The van der Waals surface area contributed by atoms with Crippen LogP contribution >= 0.6 is 15.9 Å². The number of aromatic carboxylic acids is 3. The molecule has 6 aromatic rings. The Morgan fingerprint density at radius 1 is 0.516 bits per heavy atom. The van der Waals surface area contributed by atoms with E-state index in [1.54, 1.807) is 52.0 Å². The average molecular weight is 1420 g/mol. The number of aliphatic hydroxyl groups excluding tert-OH is 2. The summed E-state index contributed by atoms with van der Waals surface area (Å²) in [6.45, 7) is 20.8. The molecule has 0 fully saturated rings. The number of phenolic OH excluding ortho intramolecular Hbond substituents is 1. The van der Waals surface area contributed by atoms with Crippen molar-refractivity contribution in [2.24, 2.45) is 0 Å². The molecule has 0 saturated heterocycles. The average Bonchev–Trinajstić information content (AvgIpc) is 1.77. The molecule has 0 unspecified atom stereocenters. The number of carbonyl (C=O) groups excluding carboxylic acids is 5. The summed E-state index contributed by atoms with van der Waals surface area (Å²) in [4.78, 5) is 96.3. The second kappa shape index (κ2) is 49.5. The third-order valence-electron chi connectivity index (χ3n) is 11.5. The van der Waals surface area contributed by atoms with Crippen molar-refractivity contribution in [3.8, 4) is 40.2 Å². The van der Waals surface area contributed by atoms with E-state index in [1.807, 2.05) is 71.9 Å². The first-order chi connectivity index (χ1) is 43.2. The molecule has 95 heavy (non-hydrogen) atoms. The summed E-state index contributed by atoms with van der Waals surface area (Å²) in [5.74, 6) is -5.19. The van der Waals surface area contributed by atoms with Gasteiger partial charge in [0.1, 0.15) is 62.5 Å². The molecule has 0 saturated carbocycles. The van der Waals surface area contributed by atoms with Gasteiger partial charge in [-0.05, 0) is 162 Å². The molecular formula is C66H81BrNa2O26. The number of esters is 2. The molecule has 0 spiro atoms. The minimum atomic E-state index is -1.26. The van der Waals surface area contributed by atoms with Gasteiger partial charge in [0.2, 0.25) is 11.6 Å². The zero-order chi connectivity index (χ0) is 71.4. The fourth-order valence-corrected chi connectivity index (χ4v) is 8.32. The van der Waals surface area contributed by atoms with Crippen LogP contribution in [0.25, 0.3) is 0 Å². The van der Waals surface area contributed by atoms with Gasteiger partial charge in [-0.25, -0.2) is 28.8 Å². The van der Waals surface area contributed by atoms with Gasteiger partial charge in [0, 0.05) is 31.1 Å². The first kappa shape index (κ1) is 95.6. The number of hydrogen-bond acceptors (Lipinski definition) is 22. The molecule has 0 amide bonds. The van der Waals surface area contributed by atoms with E-state index < -0.39 is 48.4 Å². The van der Waals surface area contributed by atoms with Crippen molar-refractivity contribution in [1.82, 2.24) is 0 Å². The van der Waals surface area contributed by atoms with Crippen molar-refractivity contribution < 1.29 is 187 Å². The molecule has 0 atom stereocenters. The summed E-state index contributed by atoms with van der Waals surface area (Å²) >= 11 is 3.37. The van der Waals surface area contributed by atoms with Gasteiger partial charge in [0.25, 0.3) is 0 Å². The third kappa shape index (κ3) is 32.7. The van der Waals surface area contributed by atoms with Gasteiger partial charge in [-0.1, -0.05) is 66.2 Å². The maximum absolute atomic E-state index is 11.6. The number of phenols is 3. The molecule has 6 aromatic carbocycles. The number of Topliss-reactive ketones (excluding diaryl/α,β-unsaturated/α-hetero) is 2. The Labute approximate surface area is 603 Å². The summed E-state index contributed by atoms with van der Waals surface area (Å²) in [6, 6.07) is 21.5. The number of halogens is 1. The topological polar surface area (TPSA) is 444 Å². The van der Waals surface area contributed by atoms with Crippen LogP contribution < -0.4 is 83.2 Å². The van der Waals surface area contributed by atoms with E-state index in [1.165, 1.54) is 39.3 Å². The van der Waals surface area contributed by atoms with Crippen LogP contribution in [0.1, 0.15) is 139 Å². The van der Waals surface area contributed by atoms with Gasteiger partial charge < -0.3 is 89.8 Å². The standard InChI is InChI=1S/C13H16O5.C11H12O5.C10H9BrO2.C10H10O2.C8H8O4.C8H8O3.C2H4O2.C2H6.2CH4O.2Na.H2O/c1-8-5-9(2)12(18-7-11(14)16-3)10(6-8)13(15)17-4;1-6-3-7(2)10(16-5-9(12)13)8(4-6)11(14)15;1-6-2-7(4-11)10-8(3-6)9(12)5-13-10;1-6-3-7(2)10-8(4-6)9(11)5-12-10;1-4-2-5(9)3-6(7(4)10)8(11)12;1-5-3-2-4-6(7(5)9)8(10)11;1-2(3)4;3*1-2;;;/h5-6H,7H2,1-4H3;3-4H,5H2,1-2H3,(H,12,13)(H,14,15);2-3H,4-5H2,1H3;3-4H,5H2,1-2H3;2-3,9-10H,1H3,(H,11,12);2-4,9H,1H3,(H,10,11);1H3,(H,3,4);1-2H3;2*2H,1H3;;;1H2/q;;;;;;;;;;2*+1;/p-2. The molecule has 29 heteroatoms. The van der Waals surface area contributed by atoms with Crippen molar-refractivity contribution in [2.45, 2.75) is 88.4 Å². The summed E-state index contributed by atoms with van der Waals surface area (Å²) < 4.78 is 30.0. The number of carboxylic acid groups (broad SMARTS) is 5. The molecular weight excluding hydrogens is 1330 g/mol. The molecule has 510 valence electrons. The van der Waals surface area contributed by atoms with E-state index in [9.17, 15) is 48.6 Å². The minimum absolute atomic E-state index is 0. The van der Waals surface area contributed by atoms with Crippen molar-refractivity contribution in [3.63, 3.8) is 0 Å². The van der Waals surface area contributed by atoms with Crippen LogP contribution in [0.2, 0.25) is 0 Å². The first-order valence-corrected chi connectivity index (χ1v) is 28.4. The number of aromatic hydroxyl groups is 3. The number of alkyl halides is 1. The van der Waals surface area contributed by atoms with Crippen LogP contribution in [0.3, 0.4) is 0 Å². The minimum Gasteiger partial charge on any atom is -0.870 e.